The molecule has 0 aliphatic rings. The molecule has 0 bridgehead atoms. The van der Waals surface area contributed by atoms with Gasteiger partial charge in [-0.25, -0.2) is 4.39 Å². The largest absolute Gasteiger partial charge is 0.256 e. The molecule has 92 valence electrons. The Morgan fingerprint density at radius 1 is 1.06 bits per heavy atom. The Bertz CT molecular complexity index is 552. The highest BCUT2D eigenvalue weighted by atomic mass is 35.5. The van der Waals surface area contributed by atoms with Crippen LogP contribution in [0.4, 0.5) is 10.1 Å². The maximum absolute atomic E-state index is 13.3. The third kappa shape index (κ3) is 2.96. The summed E-state index contributed by atoms with van der Waals surface area (Å²) in [6.45, 7) is 3.67. The number of aryl methyl sites for hydroxylation is 2. The number of aliphatic imine (C=N–C) groups is 1. The van der Waals surface area contributed by atoms with Gasteiger partial charge in [0.1, 0.15) is 5.82 Å². The van der Waals surface area contributed by atoms with Crippen molar-refractivity contribution in [2.24, 2.45) is 4.99 Å². The van der Waals surface area contributed by atoms with Crippen molar-refractivity contribution in [1.82, 2.24) is 0 Å². The van der Waals surface area contributed by atoms with Crippen LogP contribution in [0.5, 0.6) is 0 Å². The van der Waals surface area contributed by atoms with Gasteiger partial charge >= 0.3 is 0 Å². The zero-order valence-electron chi connectivity index (χ0n) is 10.2. The van der Waals surface area contributed by atoms with E-state index in [2.05, 4.69) is 4.99 Å². The van der Waals surface area contributed by atoms with Crippen LogP contribution in [0.15, 0.2) is 41.4 Å². The van der Waals surface area contributed by atoms with Gasteiger partial charge in [-0.05, 0) is 48.7 Å². The molecule has 2 rings (SSSR count). The monoisotopic (exact) mass is 261 g/mol. The third-order valence-electron chi connectivity index (χ3n) is 2.71. The van der Waals surface area contributed by atoms with Gasteiger partial charge in [0, 0.05) is 11.2 Å². The van der Waals surface area contributed by atoms with Crippen LogP contribution in [-0.4, -0.2) is 6.21 Å². The molecule has 0 spiro atoms. The van der Waals surface area contributed by atoms with Crippen LogP contribution in [0.3, 0.4) is 0 Å². The predicted molar refractivity (Wildman–Crippen MR) is 74.6 cm³/mol. The van der Waals surface area contributed by atoms with Crippen LogP contribution in [0.25, 0.3) is 0 Å². The fraction of sp³-hybridized carbons (Fsp3) is 0.133. The standard InChI is InChI=1S/C15H13ClFN/c1-10-4-6-13(8-14(10)16)18-9-12-5-3-11(2)15(17)7-12/h3-9H,1-2H3. The lowest BCUT2D eigenvalue weighted by Crippen LogP contribution is -1.86. The summed E-state index contributed by atoms with van der Waals surface area (Å²) in [6, 6.07) is 10.6. The van der Waals surface area contributed by atoms with E-state index in [-0.39, 0.29) is 5.82 Å². The highest BCUT2D eigenvalue weighted by molar-refractivity contribution is 6.31. The molecule has 18 heavy (non-hydrogen) atoms. The van der Waals surface area contributed by atoms with E-state index < -0.39 is 0 Å². The molecule has 0 atom stereocenters. The van der Waals surface area contributed by atoms with Crippen LogP contribution in [0, 0.1) is 19.7 Å². The van der Waals surface area contributed by atoms with Crippen molar-refractivity contribution >= 4 is 23.5 Å². The van der Waals surface area contributed by atoms with Gasteiger partial charge in [-0.15, -0.1) is 0 Å². The first kappa shape index (κ1) is 12.8. The molecule has 0 heterocycles. The summed E-state index contributed by atoms with van der Waals surface area (Å²) in [5.74, 6) is -0.221. The second kappa shape index (κ2) is 5.32. The Morgan fingerprint density at radius 3 is 2.44 bits per heavy atom. The van der Waals surface area contributed by atoms with E-state index in [4.69, 9.17) is 11.6 Å². The Balaban J connectivity index is 2.24. The predicted octanol–water partition coefficient (Wildman–Crippen LogP) is 4.85. The third-order valence-corrected chi connectivity index (χ3v) is 3.12. The summed E-state index contributed by atoms with van der Waals surface area (Å²) in [5.41, 5.74) is 3.13. The SMILES string of the molecule is Cc1ccc(C=Nc2ccc(C)c(Cl)c2)cc1F. The molecule has 3 heteroatoms. The molecular weight excluding hydrogens is 249 g/mol. The van der Waals surface area contributed by atoms with E-state index in [0.717, 1.165) is 16.8 Å². The molecule has 2 aromatic rings. The van der Waals surface area contributed by atoms with Gasteiger partial charge in [-0.2, -0.15) is 0 Å². The lowest BCUT2D eigenvalue weighted by Gasteiger charge is -2.00. The topological polar surface area (TPSA) is 12.4 Å². The molecule has 0 unspecified atom stereocenters. The van der Waals surface area contributed by atoms with E-state index in [9.17, 15) is 4.39 Å². The average Bonchev–Trinajstić information content (AvgIpc) is 2.35. The first-order valence-corrected chi connectivity index (χ1v) is 6.00. The quantitative estimate of drug-likeness (QED) is 0.686. The van der Waals surface area contributed by atoms with Gasteiger partial charge in [-0.1, -0.05) is 29.8 Å². The van der Waals surface area contributed by atoms with Crippen molar-refractivity contribution in [3.8, 4) is 0 Å². The maximum atomic E-state index is 13.3. The van der Waals surface area contributed by atoms with E-state index >= 15 is 0 Å². The van der Waals surface area contributed by atoms with Crippen molar-refractivity contribution in [3.05, 3.63) is 63.9 Å². The van der Waals surface area contributed by atoms with Crippen LogP contribution in [0.2, 0.25) is 5.02 Å². The number of rotatable bonds is 2. The zero-order valence-corrected chi connectivity index (χ0v) is 11.0. The van der Waals surface area contributed by atoms with Gasteiger partial charge in [0.25, 0.3) is 0 Å². The highest BCUT2D eigenvalue weighted by Gasteiger charge is 1.98. The molecule has 0 fully saturated rings. The van der Waals surface area contributed by atoms with Gasteiger partial charge in [0.2, 0.25) is 0 Å². The number of hydrogen-bond donors (Lipinski definition) is 0. The van der Waals surface area contributed by atoms with E-state index in [1.165, 1.54) is 6.07 Å². The summed E-state index contributed by atoms with van der Waals surface area (Å²) in [4.78, 5) is 4.27. The fourth-order valence-electron chi connectivity index (χ4n) is 1.50. The first-order chi connectivity index (χ1) is 8.56. The van der Waals surface area contributed by atoms with Crippen LogP contribution in [0.1, 0.15) is 16.7 Å². The van der Waals surface area contributed by atoms with Gasteiger partial charge in [0.15, 0.2) is 0 Å². The summed E-state index contributed by atoms with van der Waals surface area (Å²) in [6.07, 6.45) is 1.63. The Kier molecular flexibility index (Phi) is 3.78. The van der Waals surface area contributed by atoms with Crippen molar-refractivity contribution in [2.75, 3.05) is 0 Å². The van der Waals surface area contributed by atoms with Crippen LogP contribution >= 0.6 is 11.6 Å². The Hall–Kier alpha value is -1.67. The van der Waals surface area contributed by atoms with Crippen molar-refractivity contribution in [3.63, 3.8) is 0 Å². The summed E-state index contributed by atoms with van der Waals surface area (Å²) in [7, 11) is 0. The molecular formula is C15H13ClFN. The van der Waals surface area contributed by atoms with Crippen molar-refractivity contribution < 1.29 is 4.39 Å². The van der Waals surface area contributed by atoms with Crippen LogP contribution < -0.4 is 0 Å². The normalized spacial score (nSPS) is 11.1. The summed E-state index contributed by atoms with van der Waals surface area (Å²) in [5, 5.41) is 0.680. The lowest BCUT2D eigenvalue weighted by molar-refractivity contribution is 0.618. The molecule has 2 aromatic carbocycles. The zero-order chi connectivity index (χ0) is 13.1. The summed E-state index contributed by atoms with van der Waals surface area (Å²) < 4.78 is 13.3. The molecule has 0 saturated carbocycles. The van der Waals surface area contributed by atoms with Crippen LogP contribution in [-0.2, 0) is 0 Å². The number of halogens is 2. The van der Waals surface area contributed by atoms with E-state index in [0.29, 0.717) is 10.6 Å². The number of hydrogen-bond acceptors (Lipinski definition) is 1. The van der Waals surface area contributed by atoms with Gasteiger partial charge in [-0.3, -0.25) is 4.99 Å². The van der Waals surface area contributed by atoms with Crippen molar-refractivity contribution in [1.29, 1.82) is 0 Å². The highest BCUT2D eigenvalue weighted by Crippen LogP contribution is 2.22. The second-order valence-electron chi connectivity index (χ2n) is 4.20. The number of nitrogens with zero attached hydrogens (tertiary/aromatic N) is 1. The minimum atomic E-state index is -0.221. The molecule has 1 nitrogen and oxygen atoms in total. The first-order valence-electron chi connectivity index (χ1n) is 5.62. The molecule has 0 aromatic heterocycles. The van der Waals surface area contributed by atoms with Crippen molar-refractivity contribution in [2.45, 2.75) is 13.8 Å². The fourth-order valence-corrected chi connectivity index (χ4v) is 1.68. The minimum absolute atomic E-state index is 0.221. The minimum Gasteiger partial charge on any atom is -0.256 e. The maximum Gasteiger partial charge on any atom is 0.126 e. The molecule has 0 aliphatic heterocycles. The Morgan fingerprint density at radius 2 is 1.78 bits per heavy atom. The second-order valence-corrected chi connectivity index (χ2v) is 4.61. The summed E-state index contributed by atoms with van der Waals surface area (Å²) >= 11 is 6.01. The molecule has 0 amide bonds. The van der Waals surface area contributed by atoms with Gasteiger partial charge < -0.3 is 0 Å². The average molecular weight is 262 g/mol. The molecule has 0 saturated heterocycles. The number of benzene rings is 2. The van der Waals surface area contributed by atoms with E-state index in [1.807, 2.05) is 25.1 Å². The molecule has 0 aliphatic carbocycles. The lowest BCUT2D eigenvalue weighted by atomic mass is 10.1. The van der Waals surface area contributed by atoms with E-state index in [1.54, 1.807) is 25.3 Å². The smallest absolute Gasteiger partial charge is 0.126 e. The van der Waals surface area contributed by atoms with Gasteiger partial charge in [0.05, 0.1) is 5.69 Å². The Labute approximate surface area is 111 Å². The molecule has 0 N–H and O–H groups in total. The molecule has 0 radical (unpaired) electrons.